The molecule has 0 aromatic heterocycles. The molecule has 0 saturated carbocycles. The average Bonchev–Trinajstić information content (AvgIpc) is 2.96. The van der Waals surface area contributed by atoms with Crippen LogP contribution in [-0.4, -0.2) is 30.6 Å². The van der Waals surface area contributed by atoms with Gasteiger partial charge in [0.2, 0.25) is 5.91 Å². The number of amides is 2. The van der Waals surface area contributed by atoms with Crippen LogP contribution in [0, 0.1) is 5.92 Å². The first kappa shape index (κ1) is 18.6. The molecule has 1 aliphatic heterocycles. The molecule has 0 aliphatic carbocycles. The van der Waals surface area contributed by atoms with Crippen molar-refractivity contribution < 1.29 is 19.1 Å². The minimum Gasteiger partial charge on any atom is -0.465 e. The number of para-hydroxylation sites is 1. The van der Waals surface area contributed by atoms with Crippen LogP contribution in [0.4, 0.5) is 11.4 Å². The standard InChI is InChI=1S/C19H16ClN3O4/c1-11-16(18(25)23(22-11)13-9-7-12(20)8-10-13)17(24)21-15-6-4-3-5-14(15)19(26)27-2/h3-10,16H,1-2H3,(H,21,24). The molecule has 0 fully saturated rings. The minimum atomic E-state index is -1.09. The third-order valence-electron chi connectivity index (χ3n) is 4.05. The van der Waals surface area contributed by atoms with Gasteiger partial charge in [0.15, 0.2) is 5.92 Å². The van der Waals surface area contributed by atoms with Crippen LogP contribution in [-0.2, 0) is 14.3 Å². The number of benzene rings is 2. The van der Waals surface area contributed by atoms with E-state index >= 15 is 0 Å². The van der Waals surface area contributed by atoms with Crippen LogP contribution in [0.3, 0.4) is 0 Å². The Hall–Kier alpha value is -3.19. The van der Waals surface area contributed by atoms with Crippen LogP contribution in [0.5, 0.6) is 0 Å². The Bertz CT molecular complexity index is 940. The van der Waals surface area contributed by atoms with Gasteiger partial charge in [-0.2, -0.15) is 10.1 Å². The zero-order valence-corrected chi connectivity index (χ0v) is 15.4. The molecule has 1 N–H and O–H groups in total. The zero-order valence-electron chi connectivity index (χ0n) is 14.6. The van der Waals surface area contributed by atoms with E-state index in [0.717, 1.165) is 0 Å². The molecule has 1 unspecified atom stereocenters. The van der Waals surface area contributed by atoms with Crippen molar-refractivity contribution in [2.75, 3.05) is 17.4 Å². The first-order valence-corrected chi connectivity index (χ1v) is 8.43. The van der Waals surface area contributed by atoms with Gasteiger partial charge in [0.05, 0.1) is 29.8 Å². The summed E-state index contributed by atoms with van der Waals surface area (Å²) in [5.74, 6) is -2.74. The molecule has 7 nitrogen and oxygen atoms in total. The molecule has 1 aliphatic rings. The predicted octanol–water partition coefficient (Wildman–Crippen LogP) is 3.10. The summed E-state index contributed by atoms with van der Waals surface area (Å²) in [7, 11) is 1.25. The molecular weight excluding hydrogens is 370 g/mol. The summed E-state index contributed by atoms with van der Waals surface area (Å²) >= 11 is 5.86. The van der Waals surface area contributed by atoms with Gasteiger partial charge in [0, 0.05) is 5.02 Å². The molecule has 2 aromatic rings. The van der Waals surface area contributed by atoms with Crippen molar-refractivity contribution >= 4 is 46.5 Å². The summed E-state index contributed by atoms with van der Waals surface area (Å²) in [6, 6.07) is 13.0. The molecule has 0 saturated heterocycles. The highest BCUT2D eigenvalue weighted by atomic mass is 35.5. The van der Waals surface area contributed by atoms with E-state index < -0.39 is 23.7 Å². The van der Waals surface area contributed by atoms with Crippen molar-refractivity contribution in [1.82, 2.24) is 0 Å². The van der Waals surface area contributed by atoms with Gasteiger partial charge in [-0.1, -0.05) is 23.7 Å². The Labute approximate surface area is 160 Å². The number of hydrogen-bond acceptors (Lipinski definition) is 5. The third-order valence-corrected chi connectivity index (χ3v) is 4.31. The number of hydrazone groups is 1. The summed E-state index contributed by atoms with van der Waals surface area (Å²) in [5, 5.41) is 8.51. The topological polar surface area (TPSA) is 88.1 Å². The van der Waals surface area contributed by atoms with E-state index in [2.05, 4.69) is 10.4 Å². The number of nitrogens with zero attached hydrogens (tertiary/aromatic N) is 2. The van der Waals surface area contributed by atoms with Crippen molar-refractivity contribution in [3.63, 3.8) is 0 Å². The molecule has 3 rings (SSSR count). The van der Waals surface area contributed by atoms with Gasteiger partial charge in [-0.25, -0.2) is 4.79 Å². The van der Waals surface area contributed by atoms with Gasteiger partial charge in [-0.3, -0.25) is 9.59 Å². The van der Waals surface area contributed by atoms with E-state index in [1.807, 2.05) is 0 Å². The number of carbonyl (C=O) groups excluding carboxylic acids is 3. The van der Waals surface area contributed by atoms with Crippen LogP contribution in [0.25, 0.3) is 0 Å². The summed E-state index contributed by atoms with van der Waals surface area (Å²) < 4.78 is 4.71. The van der Waals surface area contributed by atoms with Gasteiger partial charge < -0.3 is 10.1 Å². The molecule has 2 aromatic carbocycles. The molecule has 138 valence electrons. The summed E-state index contributed by atoms with van der Waals surface area (Å²) in [6.07, 6.45) is 0. The Morgan fingerprint density at radius 1 is 1.15 bits per heavy atom. The quantitative estimate of drug-likeness (QED) is 0.647. The highest BCUT2D eigenvalue weighted by Crippen LogP contribution is 2.26. The van der Waals surface area contributed by atoms with Crippen LogP contribution < -0.4 is 10.3 Å². The van der Waals surface area contributed by atoms with E-state index in [1.54, 1.807) is 49.4 Å². The molecule has 0 bridgehead atoms. The van der Waals surface area contributed by atoms with Crippen LogP contribution in [0.1, 0.15) is 17.3 Å². The first-order chi connectivity index (χ1) is 12.9. The van der Waals surface area contributed by atoms with Crippen molar-refractivity contribution in [2.45, 2.75) is 6.92 Å². The number of methoxy groups -OCH3 is 1. The van der Waals surface area contributed by atoms with E-state index in [9.17, 15) is 14.4 Å². The molecule has 8 heteroatoms. The van der Waals surface area contributed by atoms with E-state index in [1.165, 1.54) is 18.2 Å². The fourth-order valence-corrected chi connectivity index (χ4v) is 2.85. The Morgan fingerprint density at radius 3 is 2.48 bits per heavy atom. The fraction of sp³-hybridized carbons (Fsp3) is 0.158. The van der Waals surface area contributed by atoms with Crippen molar-refractivity contribution in [3.8, 4) is 0 Å². The highest BCUT2D eigenvalue weighted by molar-refractivity contribution is 6.31. The van der Waals surface area contributed by atoms with Crippen LogP contribution >= 0.6 is 11.6 Å². The van der Waals surface area contributed by atoms with E-state index in [-0.39, 0.29) is 11.3 Å². The first-order valence-electron chi connectivity index (χ1n) is 8.05. The summed E-state index contributed by atoms with van der Waals surface area (Å²) in [4.78, 5) is 37.3. The third kappa shape index (κ3) is 3.68. The predicted molar refractivity (Wildman–Crippen MR) is 102 cm³/mol. The molecule has 0 spiro atoms. The second-order valence-electron chi connectivity index (χ2n) is 5.83. The normalized spacial score (nSPS) is 16.1. The molecular formula is C19H16ClN3O4. The lowest BCUT2D eigenvalue weighted by molar-refractivity contribution is -0.127. The lowest BCUT2D eigenvalue weighted by Crippen LogP contribution is -2.36. The number of halogens is 1. The monoisotopic (exact) mass is 385 g/mol. The second kappa shape index (κ2) is 7.59. The Balaban J connectivity index is 1.82. The summed E-state index contributed by atoms with van der Waals surface area (Å²) in [6.45, 7) is 1.60. The maximum Gasteiger partial charge on any atom is 0.339 e. The van der Waals surface area contributed by atoms with Crippen LogP contribution in [0.2, 0.25) is 5.02 Å². The number of hydrogen-bond donors (Lipinski definition) is 1. The number of rotatable bonds is 4. The van der Waals surface area contributed by atoms with Gasteiger partial charge in [-0.05, 0) is 43.3 Å². The number of ether oxygens (including phenoxy) is 1. The van der Waals surface area contributed by atoms with E-state index in [0.29, 0.717) is 16.4 Å². The lowest BCUT2D eigenvalue weighted by atomic mass is 10.0. The SMILES string of the molecule is COC(=O)c1ccccc1NC(=O)C1C(=O)N(c2ccc(Cl)cc2)N=C1C. The molecule has 1 heterocycles. The highest BCUT2D eigenvalue weighted by Gasteiger charge is 2.40. The second-order valence-corrected chi connectivity index (χ2v) is 6.26. The molecule has 1 atom stereocenters. The minimum absolute atomic E-state index is 0.197. The summed E-state index contributed by atoms with van der Waals surface area (Å²) in [5.41, 5.74) is 1.32. The average molecular weight is 386 g/mol. The van der Waals surface area contributed by atoms with Crippen LogP contribution in [0.15, 0.2) is 53.6 Å². The largest absolute Gasteiger partial charge is 0.465 e. The zero-order chi connectivity index (χ0) is 19.6. The number of anilines is 2. The smallest absolute Gasteiger partial charge is 0.339 e. The van der Waals surface area contributed by atoms with Gasteiger partial charge in [-0.15, -0.1) is 0 Å². The van der Waals surface area contributed by atoms with Crippen molar-refractivity contribution in [2.24, 2.45) is 11.0 Å². The van der Waals surface area contributed by atoms with Gasteiger partial charge >= 0.3 is 5.97 Å². The maximum atomic E-state index is 12.7. The van der Waals surface area contributed by atoms with Gasteiger partial charge in [0.25, 0.3) is 5.91 Å². The lowest BCUT2D eigenvalue weighted by Gasteiger charge is -2.15. The molecule has 2 amide bonds. The maximum absolute atomic E-state index is 12.7. The Kier molecular flexibility index (Phi) is 5.23. The number of nitrogens with one attached hydrogen (secondary N) is 1. The molecule has 0 radical (unpaired) electrons. The van der Waals surface area contributed by atoms with E-state index in [4.69, 9.17) is 16.3 Å². The fourth-order valence-electron chi connectivity index (χ4n) is 2.72. The van der Waals surface area contributed by atoms with Crippen molar-refractivity contribution in [3.05, 3.63) is 59.1 Å². The molecule has 27 heavy (non-hydrogen) atoms. The van der Waals surface area contributed by atoms with Gasteiger partial charge in [0.1, 0.15) is 0 Å². The van der Waals surface area contributed by atoms with Crippen molar-refractivity contribution in [1.29, 1.82) is 0 Å². The Morgan fingerprint density at radius 2 is 1.81 bits per heavy atom. The number of esters is 1. The number of carbonyl (C=O) groups is 3.